The van der Waals surface area contributed by atoms with Crippen molar-refractivity contribution in [2.45, 2.75) is 90.3 Å². The summed E-state index contributed by atoms with van der Waals surface area (Å²) in [6, 6.07) is 8.93. The fraction of sp³-hybridized carbons (Fsp3) is 0.486. The molecule has 0 aliphatic carbocycles. The second-order valence-electron chi connectivity index (χ2n) is 13.5. The SMILES string of the molecule is CC(=O)O.CCc1ccc2ccc(/C=C/C(C)(C)C(=O)NC(C(=O)NC(Cn3cccn3)C(=O)N3CCCC(C(=O)OCC(Cl)Cl)N3)C(C)C)cc2n1. The number of fused-ring (bicyclic) bond motifs is 1. The van der Waals surface area contributed by atoms with Gasteiger partial charge in [0.25, 0.3) is 11.9 Å². The number of alkyl halides is 2. The van der Waals surface area contributed by atoms with Gasteiger partial charge in [0, 0.05) is 36.9 Å². The second kappa shape index (κ2) is 20.1. The highest BCUT2D eigenvalue weighted by molar-refractivity contribution is 6.44. The van der Waals surface area contributed by atoms with Crippen LogP contribution in [0, 0.1) is 11.3 Å². The first-order valence-electron chi connectivity index (χ1n) is 17.4. The maximum atomic E-state index is 13.8. The van der Waals surface area contributed by atoms with Gasteiger partial charge in [-0.3, -0.25) is 38.6 Å². The van der Waals surface area contributed by atoms with Gasteiger partial charge in [0.1, 0.15) is 29.6 Å². The largest absolute Gasteiger partial charge is 0.481 e. The van der Waals surface area contributed by atoms with Crippen LogP contribution in [-0.2, 0) is 41.7 Å². The van der Waals surface area contributed by atoms with Gasteiger partial charge < -0.3 is 20.5 Å². The summed E-state index contributed by atoms with van der Waals surface area (Å²) in [6.07, 6.45) is 8.72. The van der Waals surface area contributed by atoms with Crippen molar-refractivity contribution in [2.75, 3.05) is 13.2 Å². The zero-order chi connectivity index (χ0) is 39.3. The van der Waals surface area contributed by atoms with Crippen LogP contribution in [0.15, 0.2) is 54.9 Å². The van der Waals surface area contributed by atoms with E-state index < -0.39 is 52.1 Å². The minimum Gasteiger partial charge on any atom is -0.481 e. The Labute approximate surface area is 319 Å². The molecule has 53 heavy (non-hydrogen) atoms. The molecule has 14 nitrogen and oxygen atoms in total. The zero-order valence-electron chi connectivity index (χ0n) is 30.8. The monoisotopic (exact) mass is 773 g/mol. The Bertz CT molecular complexity index is 1740. The number of pyridine rings is 1. The molecule has 4 rings (SSSR count). The van der Waals surface area contributed by atoms with E-state index in [0.29, 0.717) is 19.4 Å². The molecular formula is C37H49Cl2N7O7. The molecule has 3 unspecified atom stereocenters. The lowest BCUT2D eigenvalue weighted by atomic mass is 9.89. The lowest BCUT2D eigenvalue weighted by molar-refractivity contribution is -0.153. The Morgan fingerprint density at radius 1 is 1.13 bits per heavy atom. The highest BCUT2D eigenvalue weighted by Crippen LogP contribution is 2.23. The number of aliphatic carboxylic acids is 1. The number of carboxylic acid groups (broad SMARTS) is 1. The first-order chi connectivity index (χ1) is 25.0. The van der Waals surface area contributed by atoms with Crippen molar-refractivity contribution in [3.8, 4) is 0 Å². The molecule has 3 aromatic rings. The molecule has 4 N–H and O–H groups in total. The van der Waals surface area contributed by atoms with E-state index in [1.165, 1.54) is 9.69 Å². The third-order valence-corrected chi connectivity index (χ3v) is 8.53. The van der Waals surface area contributed by atoms with Crippen LogP contribution in [0.1, 0.15) is 65.6 Å². The summed E-state index contributed by atoms with van der Waals surface area (Å²) in [7, 11) is 0. The highest BCUT2D eigenvalue weighted by atomic mass is 35.5. The van der Waals surface area contributed by atoms with Crippen molar-refractivity contribution in [1.29, 1.82) is 0 Å². The second-order valence-corrected chi connectivity index (χ2v) is 14.8. The minimum atomic E-state index is -1.06. The third kappa shape index (κ3) is 13.4. The third-order valence-electron chi connectivity index (χ3n) is 8.28. The predicted molar refractivity (Wildman–Crippen MR) is 202 cm³/mol. The number of amides is 3. The quantitative estimate of drug-likeness (QED) is 0.136. The van der Waals surface area contributed by atoms with E-state index in [1.807, 2.05) is 50.3 Å². The summed E-state index contributed by atoms with van der Waals surface area (Å²) in [4.78, 5) is 66.6. The normalized spacial score (nSPS) is 15.8. The molecule has 2 aromatic heterocycles. The van der Waals surface area contributed by atoms with Gasteiger partial charge in [-0.25, -0.2) is 5.43 Å². The van der Waals surface area contributed by atoms with Crippen LogP contribution in [0.4, 0.5) is 0 Å². The first-order valence-corrected chi connectivity index (χ1v) is 18.3. The van der Waals surface area contributed by atoms with Crippen molar-refractivity contribution < 1.29 is 33.8 Å². The number of hydrogen-bond donors (Lipinski definition) is 4. The van der Waals surface area contributed by atoms with Crippen LogP contribution >= 0.6 is 23.2 Å². The molecule has 288 valence electrons. The number of aryl methyl sites for hydroxylation is 1. The van der Waals surface area contributed by atoms with Crippen molar-refractivity contribution in [2.24, 2.45) is 11.3 Å². The van der Waals surface area contributed by atoms with Crippen molar-refractivity contribution >= 4 is 69.8 Å². The van der Waals surface area contributed by atoms with E-state index in [2.05, 4.69) is 28.1 Å². The molecule has 0 spiro atoms. The number of nitrogens with zero attached hydrogens (tertiary/aromatic N) is 4. The summed E-state index contributed by atoms with van der Waals surface area (Å²) in [5.41, 5.74) is 4.73. The molecular weight excluding hydrogens is 725 g/mol. The number of hydrazine groups is 1. The van der Waals surface area contributed by atoms with Crippen LogP contribution in [0.3, 0.4) is 0 Å². The number of hydrogen-bond acceptors (Lipinski definition) is 9. The van der Waals surface area contributed by atoms with Crippen LogP contribution in [0.25, 0.3) is 17.0 Å². The predicted octanol–water partition coefficient (Wildman–Crippen LogP) is 4.29. The Hall–Kier alpha value is -4.53. The maximum Gasteiger partial charge on any atom is 0.325 e. The van der Waals surface area contributed by atoms with Crippen molar-refractivity contribution in [1.82, 2.24) is 35.8 Å². The molecule has 3 heterocycles. The molecule has 3 amide bonds. The lowest BCUT2D eigenvalue weighted by Gasteiger charge is -2.35. The van der Waals surface area contributed by atoms with Gasteiger partial charge in [0.15, 0.2) is 0 Å². The average Bonchev–Trinajstić information content (AvgIpc) is 3.63. The molecule has 1 saturated heterocycles. The van der Waals surface area contributed by atoms with Gasteiger partial charge in [0.2, 0.25) is 11.8 Å². The summed E-state index contributed by atoms with van der Waals surface area (Å²) < 4.78 is 6.67. The fourth-order valence-corrected chi connectivity index (χ4v) is 5.44. The topological polar surface area (TPSA) is 185 Å². The zero-order valence-corrected chi connectivity index (χ0v) is 32.4. The Balaban J connectivity index is 0.00000180. The van der Waals surface area contributed by atoms with Crippen LogP contribution in [-0.4, -0.2) is 90.7 Å². The van der Waals surface area contributed by atoms with Gasteiger partial charge in [-0.15, -0.1) is 23.2 Å². The molecule has 0 bridgehead atoms. The average molecular weight is 775 g/mol. The van der Waals surface area contributed by atoms with Crippen molar-refractivity contribution in [3.63, 3.8) is 0 Å². The smallest absolute Gasteiger partial charge is 0.325 e. The number of nitrogens with one attached hydrogen (secondary N) is 3. The van der Waals surface area contributed by atoms with E-state index in [0.717, 1.165) is 35.5 Å². The van der Waals surface area contributed by atoms with Crippen LogP contribution in [0.5, 0.6) is 0 Å². The van der Waals surface area contributed by atoms with Crippen LogP contribution in [0.2, 0.25) is 0 Å². The minimum absolute atomic E-state index is 0.0262. The molecule has 1 aliphatic heterocycles. The molecule has 1 fully saturated rings. The standard InChI is InChI=1S/C35H45Cl2N7O5.C2H4O2/c1-6-25-13-12-24-11-10-23(19-27(24)39-25)14-15-35(4,5)34(48)41-30(22(2)3)31(45)40-28(20-43-17-8-16-38-43)32(46)44-18-7-9-26(42-44)33(47)49-21-29(36)37;1-2(3)4/h8,10-17,19,22,26,28-30,42H,6-7,9,18,20-21H2,1-5H3,(H,40,45)(H,41,48);1H3,(H,3,4)/b15-14+;. The lowest BCUT2D eigenvalue weighted by Crippen LogP contribution is -2.62. The van der Waals surface area contributed by atoms with E-state index in [9.17, 15) is 19.2 Å². The van der Waals surface area contributed by atoms with E-state index in [-0.39, 0.29) is 25.0 Å². The first kappa shape index (κ1) is 42.9. The number of carbonyl (C=O) groups excluding carboxylic acids is 4. The highest BCUT2D eigenvalue weighted by Gasteiger charge is 2.36. The summed E-state index contributed by atoms with van der Waals surface area (Å²) in [5.74, 6) is -3.07. The molecule has 3 atom stereocenters. The van der Waals surface area contributed by atoms with Gasteiger partial charge in [-0.1, -0.05) is 51.1 Å². The number of carbonyl (C=O) groups is 5. The van der Waals surface area contributed by atoms with E-state index in [1.54, 1.807) is 38.4 Å². The Kier molecular flexibility index (Phi) is 16.2. The number of aromatic nitrogens is 3. The number of carboxylic acids is 1. The number of benzene rings is 1. The summed E-state index contributed by atoms with van der Waals surface area (Å²) in [6.45, 7) is 10.5. The number of rotatable bonds is 14. The van der Waals surface area contributed by atoms with Gasteiger partial charge in [0.05, 0.1) is 17.5 Å². The molecule has 0 radical (unpaired) electrons. The fourth-order valence-electron chi connectivity index (χ4n) is 5.31. The van der Waals surface area contributed by atoms with Gasteiger partial charge in [-0.2, -0.15) is 5.10 Å². The number of esters is 1. The number of ether oxygens (including phenoxy) is 1. The van der Waals surface area contributed by atoms with E-state index >= 15 is 0 Å². The Morgan fingerprint density at radius 3 is 2.45 bits per heavy atom. The Morgan fingerprint density at radius 2 is 1.83 bits per heavy atom. The van der Waals surface area contributed by atoms with Gasteiger partial charge in [-0.05, 0) is 62.8 Å². The van der Waals surface area contributed by atoms with Crippen LogP contribution < -0.4 is 16.1 Å². The van der Waals surface area contributed by atoms with Gasteiger partial charge >= 0.3 is 5.97 Å². The molecule has 16 heteroatoms. The van der Waals surface area contributed by atoms with Crippen molar-refractivity contribution in [3.05, 3.63) is 66.1 Å². The summed E-state index contributed by atoms with van der Waals surface area (Å²) in [5, 5.41) is 19.7. The molecule has 1 aliphatic rings. The summed E-state index contributed by atoms with van der Waals surface area (Å²) >= 11 is 11.4. The number of halogens is 2. The maximum absolute atomic E-state index is 13.8. The van der Waals surface area contributed by atoms with E-state index in [4.69, 9.17) is 42.8 Å². The molecule has 1 aromatic carbocycles. The molecule has 0 saturated carbocycles.